The maximum Gasteiger partial charge on any atom is 0.257 e. The van der Waals surface area contributed by atoms with E-state index in [1.54, 1.807) is 18.2 Å². The van der Waals surface area contributed by atoms with Crippen LogP contribution in [0, 0.1) is 29.1 Å². The first-order valence-corrected chi connectivity index (χ1v) is 21.5. The van der Waals surface area contributed by atoms with Crippen LogP contribution in [0.15, 0.2) is 103 Å². The maximum absolute atomic E-state index is 14.2. The van der Waals surface area contributed by atoms with Crippen molar-refractivity contribution in [1.82, 2.24) is 25.8 Å². The van der Waals surface area contributed by atoms with Gasteiger partial charge in [-0.3, -0.25) is 33.8 Å². The fraction of sp³-hybridized carbons (Fsp3) is 0.440. The van der Waals surface area contributed by atoms with Crippen LogP contribution in [0.25, 0.3) is 11.1 Å². The molecular weight excluding hydrogens is 781 g/mol. The van der Waals surface area contributed by atoms with Crippen molar-refractivity contribution in [3.05, 3.63) is 120 Å². The van der Waals surface area contributed by atoms with Gasteiger partial charge in [-0.15, -0.1) is 0 Å². The van der Waals surface area contributed by atoms with E-state index in [0.717, 1.165) is 22.3 Å². The zero-order chi connectivity index (χ0) is 45.5. The molecule has 62 heavy (non-hydrogen) atoms. The summed E-state index contributed by atoms with van der Waals surface area (Å²) >= 11 is 0. The largest absolute Gasteiger partial charge is 0.499 e. The third kappa shape index (κ3) is 14.0. The average Bonchev–Trinajstić information content (AvgIpc) is 3.55. The minimum atomic E-state index is -0.923. The van der Waals surface area contributed by atoms with E-state index in [1.165, 1.54) is 24.2 Å². The molecule has 12 heteroatoms. The second-order valence-electron chi connectivity index (χ2n) is 17.4. The standard InChI is InChI=1S/C50H64N6O6/c1-32(2)27-41(53-49(60)42(28-33(3)4)54-50(61)47(34(5)6)55(7)8)48(59)52-40(24-19-35-13-11-10-12-14-35)25-26-45(57)56-43(44(62-9)30-46(56)58)29-36-15-20-38(21-16-36)39-22-17-37(31-51)18-23-39/h10-18,20-23,25-26,30,32-34,40-43,47H,19,24,27-29H2,1-9H3,(H,52,59)(H,53,60)(H,54,61)/b26-25+/t40-,41+,42+,43?,47+/m1/s1. The molecule has 1 aliphatic rings. The monoisotopic (exact) mass is 844 g/mol. The minimum Gasteiger partial charge on any atom is -0.499 e. The third-order valence-corrected chi connectivity index (χ3v) is 10.9. The van der Waals surface area contributed by atoms with Gasteiger partial charge in [0.05, 0.1) is 24.8 Å². The highest BCUT2D eigenvalue weighted by Gasteiger charge is 2.38. The van der Waals surface area contributed by atoms with E-state index >= 15 is 0 Å². The van der Waals surface area contributed by atoms with E-state index in [9.17, 15) is 24.0 Å². The summed E-state index contributed by atoms with van der Waals surface area (Å²) in [5.41, 5.74) is 4.41. The fourth-order valence-corrected chi connectivity index (χ4v) is 7.83. The Labute approximate surface area is 367 Å². The van der Waals surface area contributed by atoms with Crippen molar-refractivity contribution in [2.75, 3.05) is 21.2 Å². The molecule has 0 aromatic heterocycles. The molecule has 3 aromatic rings. The van der Waals surface area contributed by atoms with Crippen molar-refractivity contribution in [2.45, 2.75) is 104 Å². The average molecular weight is 845 g/mol. The first-order valence-electron chi connectivity index (χ1n) is 21.5. The number of rotatable bonds is 21. The Kier molecular flexibility index (Phi) is 18.2. The van der Waals surface area contributed by atoms with Gasteiger partial charge in [0.15, 0.2) is 0 Å². The number of nitriles is 1. The second-order valence-corrected chi connectivity index (χ2v) is 17.4. The quantitative estimate of drug-likeness (QED) is 0.105. The van der Waals surface area contributed by atoms with Gasteiger partial charge in [-0.25, -0.2) is 0 Å². The normalized spacial score (nSPS) is 15.9. The van der Waals surface area contributed by atoms with E-state index in [2.05, 4.69) is 22.0 Å². The van der Waals surface area contributed by atoms with E-state index in [1.807, 2.05) is 127 Å². The molecular formula is C50H64N6O6. The predicted octanol–water partition coefficient (Wildman–Crippen LogP) is 6.36. The number of ether oxygens (including phenoxy) is 1. The Bertz CT molecular complexity index is 2080. The number of amides is 5. The van der Waals surface area contributed by atoms with Crippen LogP contribution in [0.2, 0.25) is 0 Å². The summed E-state index contributed by atoms with van der Waals surface area (Å²) in [4.78, 5) is 71.9. The van der Waals surface area contributed by atoms with E-state index in [4.69, 9.17) is 10.00 Å². The van der Waals surface area contributed by atoms with Gasteiger partial charge in [0.1, 0.15) is 23.9 Å². The van der Waals surface area contributed by atoms with Crippen molar-refractivity contribution in [2.24, 2.45) is 17.8 Å². The molecule has 0 fully saturated rings. The lowest BCUT2D eigenvalue weighted by atomic mass is 9.98. The number of imide groups is 1. The molecule has 1 aliphatic heterocycles. The molecule has 12 nitrogen and oxygen atoms in total. The summed E-state index contributed by atoms with van der Waals surface area (Å²) < 4.78 is 5.59. The number of nitrogens with one attached hydrogen (secondary N) is 3. The molecule has 0 radical (unpaired) electrons. The highest BCUT2D eigenvalue weighted by Crippen LogP contribution is 2.27. The Morgan fingerprint density at radius 2 is 1.32 bits per heavy atom. The number of hydrogen-bond acceptors (Lipinski definition) is 8. The zero-order valence-electron chi connectivity index (χ0n) is 37.7. The summed E-state index contributed by atoms with van der Waals surface area (Å²) in [7, 11) is 5.13. The highest BCUT2D eigenvalue weighted by atomic mass is 16.5. The van der Waals surface area contributed by atoms with Crippen LogP contribution in [0.1, 0.15) is 77.5 Å². The first kappa shape index (κ1) is 48.6. The van der Waals surface area contributed by atoms with E-state index in [0.29, 0.717) is 43.4 Å². The van der Waals surface area contributed by atoms with Gasteiger partial charge in [-0.05, 0) is 91.9 Å². The van der Waals surface area contributed by atoms with Crippen LogP contribution in [-0.4, -0.2) is 90.8 Å². The van der Waals surface area contributed by atoms with Crippen molar-refractivity contribution in [3.63, 3.8) is 0 Å². The van der Waals surface area contributed by atoms with Crippen LogP contribution in [-0.2, 0) is 41.6 Å². The van der Waals surface area contributed by atoms with Crippen molar-refractivity contribution >= 4 is 29.5 Å². The molecule has 1 heterocycles. The Hall–Kier alpha value is -6.06. The van der Waals surface area contributed by atoms with Gasteiger partial charge in [0.2, 0.25) is 17.7 Å². The molecule has 3 N–H and O–H groups in total. The number of carbonyl (C=O) groups excluding carboxylic acids is 5. The second kappa shape index (κ2) is 23.2. The highest BCUT2D eigenvalue weighted by molar-refractivity contribution is 6.08. The molecule has 330 valence electrons. The smallest absolute Gasteiger partial charge is 0.257 e. The van der Waals surface area contributed by atoms with E-state index < -0.39 is 53.8 Å². The van der Waals surface area contributed by atoms with Crippen LogP contribution in [0.3, 0.4) is 0 Å². The lowest BCUT2D eigenvalue weighted by Crippen LogP contribution is -2.57. The Balaban J connectivity index is 1.55. The number of nitrogens with zero attached hydrogens (tertiary/aromatic N) is 3. The van der Waals surface area contributed by atoms with Gasteiger partial charge < -0.3 is 20.7 Å². The van der Waals surface area contributed by atoms with Crippen molar-refractivity contribution in [3.8, 4) is 17.2 Å². The lowest BCUT2D eigenvalue weighted by molar-refractivity contribution is -0.139. The molecule has 0 saturated heterocycles. The number of likely N-dealkylation sites (N-methyl/N-ethyl adjacent to an activating group) is 1. The van der Waals surface area contributed by atoms with Gasteiger partial charge >= 0.3 is 0 Å². The van der Waals surface area contributed by atoms with Crippen molar-refractivity contribution in [1.29, 1.82) is 5.26 Å². The summed E-state index contributed by atoms with van der Waals surface area (Å²) in [6.07, 6.45) is 6.30. The minimum absolute atomic E-state index is 0.00658. The summed E-state index contributed by atoms with van der Waals surface area (Å²) in [5.74, 6) is -1.69. The first-order chi connectivity index (χ1) is 29.5. The SMILES string of the molecule is COC1=CC(=O)N(C(=O)/C=C/[C@@H](CCc2ccccc2)NC(=O)[C@H](CC(C)C)NC(=O)[C@H](CC(C)C)NC(=O)[C@H](C(C)C)N(C)C)C1Cc1ccc(-c2ccc(C#N)cc2)cc1. The molecule has 0 aliphatic carbocycles. The molecule has 5 atom stereocenters. The van der Waals surface area contributed by atoms with Crippen LogP contribution in [0.4, 0.5) is 0 Å². The zero-order valence-corrected chi connectivity index (χ0v) is 37.7. The molecule has 0 saturated carbocycles. The van der Waals surface area contributed by atoms with Crippen molar-refractivity contribution < 1.29 is 28.7 Å². The topological polar surface area (TPSA) is 161 Å². The van der Waals surface area contributed by atoms with Gasteiger partial charge in [0, 0.05) is 24.6 Å². The fourth-order valence-electron chi connectivity index (χ4n) is 7.83. The number of aryl methyl sites for hydroxylation is 1. The van der Waals surface area contributed by atoms with Gasteiger partial charge in [0.25, 0.3) is 11.8 Å². The summed E-state index contributed by atoms with van der Waals surface area (Å²) in [5, 5.41) is 18.1. The maximum atomic E-state index is 14.2. The number of hydrogen-bond donors (Lipinski definition) is 3. The molecule has 0 spiro atoms. The van der Waals surface area contributed by atoms with Crippen LogP contribution >= 0.6 is 0 Å². The van der Waals surface area contributed by atoms with Crippen LogP contribution in [0.5, 0.6) is 0 Å². The summed E-state index contributed by atoms with van der Waals surface area (Å²) in [6, 6.07) is 23.4. The number of methoxy groups -OCH3 is 1. The van der Waals surface area contributed by atoms with Gasteiger partial charge in [-0.2, -0.15) is 5.26 Å². The van der Waals surface area contributed by atoms with E-state index in [-0.39, 0.29) is 23.7 Å². The van der Waals surface area contributed by atoms with Gasteiger partial charge in [-0.1, -0.05) is 114 Å². The summed E-state index contributed by atoms with van der Waals surface area (Å²) in [6.45, 7) is 11.8. The Morgan fingerprint density at radius 1 is 0.774 bits per heavy atom. The van der Waals surface area contributed by atoms with Crippen LogP contribution < -0.4 is 16.0 Å². The molecule has 3 aromatic carbocycles. The predicted molar refractivity (Wildman–Crippen MR) is 242 cm³/mol. The third-order valence-electron chi connectivity index (χ3n) is 10.9. The molecule has 4 rings (SSSR count). The molecule has 0 bridgehead atoms. The number of carbonyl (C=O) groups is 5. The lowest BCUT2D eigenvalue weighted by Gasteiger charge is -2.30. The Morgan fingerprint density at radius 3 is 1.84 bits per heavy atom. The molecule has 5 amide bonds. The number of benzene rings is 3. The molecule has 1 unspecified atom stereocenters.